The van der Waals surface area contributed by atoms with E-state index in [0.29, 0.717) is 23.9 Å². The molecule has 0 saturated carbocycles. The van der Waals surface area contributed by atoms with Gasteiger partial charge < -0.3 is 9.30 Å². The Kier molecular flexibility index (Phi) is 8.31. The molecular weight excluding hydrogens is 539 g/mol. The van der Waals surface area contributed by atoms with Crippen molar-refractivity contribution in [1.29, 1.82) is 0 Å². The van der Waals surface area contributed by atoms with Gasteiger partial charge in [0, 0.05) is 24.0 Å². The summed E-state index contributed by atoms with van der Waals surface area (Å²) in [5, 5.41) is 2.09. The van der Waals surface area contributed by atoms with E-state index in [0.717, 1.165) is 46.8 Å². The Balaban J connectivity index is 1.35. The SMILES string of the molecule is COc1ccc(N=c2scc(-c3ccc(S(=O)(=O)N4CCC(Cc5ccccc5)CC4)cc3)n2C(C)(C)C)cc1. The van der Waals surface area contributed by atoms with Gasteiger partial charge in [0.2, 0.25) is 10.0 Å². The first kappa shape index (κ1) is 28.3. The van der Waals surface area contributed by atoms with E-state index < -0.39 is 10.0 Å². The van der Waals surface area contributed by atoms with Gasteiger partial charge in [-0.1, -0.05) is 42.5 Å². The lowest BCUT2D eigenvalue weighted by molar-refractivity contribution is 0.273. The highest BCUT2D eigenvalue weighted by Crippen LogP contribution is 2.30. The van der Waals surface area contributed by atoms with Gasteiger partial charge in [-0.25, -0.2) is 13.4 Å². The summed E-state index contributed by atoms with van der Waals surface area (Å²) < 4.78 is 36.1. The van der Waals surface area contributed by atoms with E-state index >= 15 is 0 Å². The summed E-state index contributed by atoms with van der Waals surface area (Å²) in [6.07, 6.45) is 2.77. The van der Waals surface area contributed by atoms with Crippen LogP contribution in [0.5, 0.6) is 5.75 Å². The molecule has 0 N–H and O–H groups in total. The van der Waals surface area contributed by atoms with Crippen molar-refractivity contribution in [3.05, 3.63) is 94.6 Å². The van der Waals surface area contributed by atoms with Gasteiger partial charge in [0.1, 0.15) is 5.75 Å². The molecule has 0 amide bonds. The largest absolute Gasteiger partial charge is 0.497 e. The van der Waals surface area contributed by atoms with Crippen LogP contribution in [0.2, 0.25) is 0 Å². The van der Waals surface area contributed by atoms with Crippen molar-refractivity contribution >= 4 is 27.0 Å². The van der Waals surface area contributed by atoms with Crippen molar-refractivity contribution in [1.82, 2.24) is 8.87 Å². The fourth-order valence-electron chi connectivity index (χ4n) is 5.25. The number of thiazole rings is 1. The van der Waals surface area contributed by atoms with Crippen molar-refractivity contribution in [3.63, 3.8) is 0 Å². The Hall–Kier alpha value is -3.20. The Morgan fingerprint density at radius 3 is 2.17 bits per heavy atom. The van der Waals surface area contributed by atoms with Crippen molar-refractivity contribution in [2.24, 2.45) is 10.9 Å². The maximum absolute atomic E-state index is 13.5. The summed E-state index contributed by atoms with van der Waals surface area (Å²) in [6, 6.07) is 25.5. The number of nitrogens with zero attached hydrogens (tertiary/aromatic N) is 3. The first-order valence-corrected chi connectivity index (χ1v) is 16.0. The van der Waals surface area contributed by atoms with Crippen LogP contribution in [0.4, 0.5) is 5.69 Å². The second kappa shape index (κ2) is 11.7. The Morgan fingerprint density at radius 1 is 0.925 bits per heavy atom. The third-order valence-corrected chi connectivity index (χ3v) is 10.1. The Labute approximate surface area is 241 Å². The second-order valence-electron chi connectivity index (χ2n) is 11.3. The number of hydrogen-bond acceptors (Lipinski definition) is 5. The van der Waals surface area contributed by atoms with E-state index in [-0.39, 0.29) is 5.54 Å². The first-order valence-electron chi connectivity index (χ1n) is 13.7. The van der Waals surface area contributed by atoms with Crippen molar-refractivity contribution in [3.8, 4) is 17.0 Å². The molecule has 6 nitrogen and oxygen atoms in total. The van der Waals surface area contributed by atoms with Crippen LogP contribution in [-0.4, -0.2) is 37.5 Å². The minimum absolute atomic E-state index is 0.227. The van der Waals surface area contributed by atoms with Crippen molar-refractivity contribution in [2.45, 2.75) is 50.5 Å². The number of sulfonamides is 1. The summed E-state index contributed by atoms with van der Waals surface area (Å²) in [7, 11) is -1.89. The van der Waals surface area contributed by atoms with Gasteiger partial charge in [0.25, 0.3) is 0 Å². The number of rotatable bonds is 7. The summed E-state index contributed by atoms with van der Waals surface area (Å²) in [5.41, 5.74) is 3.91. The highest BCUT2D eigenvalue weighted by Gasteiger charge is 2.29. The molecule has 0 spiro atoms. The van der Waals surface area contributed by atoms with Crippen LogP contribution in [0.3, 0.4) is 0 Å². The van der Waals surface area contributed by atoms with Crippen LogP contribution in [0.1, 0.15) is 39.2 Å². The third-order valence-electron chi connectivity index (χ3n) is 7.40. The molecule has 40 heavy (non-hydrogen) atoms. The van der Waals surface area contributed by atoms with E-state index in [9.17, 15) is 8.42 Å². The minimum Gasteiger partial charge on any atom is -0.497 e. The predicted molar refractivity (Wildman–Crippen MR) is 163 cm³/mol. The number of methoxy groups -OCH3 is 1. The van der Waals surface area contributed by atoms with E-state index in [1.807, 2.05) is 42.5 Å². The first-order chi connectivity index (χ1) is 19.1. The number of benzene rings is 3. The van der Waals surface area contributed by atoms with E-state index in [2.05, 4.69) is 55.0 Å². The van der Waals surface area contributed by atoms with E-state index in [1.54, 1.807) is 34.9 Å². The average Bonchev–Trinajstić information content (AvgIpc) is 3.39. The predicted octanol–water partition coefficient (Wildman–Crippen LogP) is 6.86. The molecule has 1 aliphatic heterocycles. The summed E-state index contributed by atoms with van der Waals surface area (Å²) in [5.74, 6) is 1.31. The lowest BCUT2D eigenvalue weighted by Crippen LogP contribution is -2.38. The normalized spacial score (nSPS) is 15.8. The summed E-state index contributed by atoms with van der Waals surface area (Å²) in [6.45, 7) is 7.57. The van der Waals surface area contributed by atoms with Crippen molar-refractivity contribution < 1.29 is 13.2 Å². The molecule has 8 heteroatoms. The topological polar surface area (TPSA) is 63.9 Å². The van der Waals surface area contributed by atoms with Gasteiger partial charge >= 0.3 is 0 Å². The molecule has 2 heterocycles. The van der Waals surface area contributed by atoms with Gasteiger partial charge in [0.05, 0.1) is 23.4 Å². The van der Waals surface area contributed by atoms with E-state index in [1.165, 1.54) is 5.56 Å². The summed E-state index contributed by atoms with van der Waals surface area (Å²) >= 11 is 1.57. The highest BCUT2D eigenvalue weighted by molar-refractivity contribution is 7.89. The standard InChI is InChI=1S/C32H37N3O3S2/c1-32(2,3)35-30(23-39-31(35)33-27-12-14-28(38-4)15-13-27)26-10-16-29(17-11-26)40(36,37)34-20-18-25(19-21-34)22-24-8-6-5-7-9-24/h5-17,23,25H,18-22H2,1-4H3. The lowest BCUT2D eigenvalue weighted by Gasteiger charge is -2.31. The number of aromatic nitrogens is 1. The van der Waals surface area contributed by atoms with Crippen LogP contribution in [0.25, 0.3) is 11.3 Å². The van der Waals surface area contributed by atoms with Gasteiger partial charge in [-0.05, 0) is 93.5 Å². The molecular formula is C32H37N3O3S2. The molecule has 1 aliphatic rings. The van der Waals surface area contributed by atoms with E-state index in [4.69, 9.17) is 9.73 Å². The molecule has 0 radical (unpaired) electrons. The maximum atomic E-state index is 13.5. The smallest absolute Gasteiger partial charge is 0.243 e. The molecule has 4 aromatic rings. The van der Waals surface area contributed by atoms with Crippen LogP contribution in [0, 0.1) is 5.92 Å². The fourth-order valence-corrected chi connectivity index (χ4v) is 7.82. The zero-order valence-corrected chi connectivity index (χ0v) is 25.2. The monoisotopic (exact) mass is 575 g/mol. The molecule has 0 bridgehead atoms. The minimum atomic E-state index is -3.54. The summed E-state index contributed by atoms with van der Waals surface area (Å²) in [4.78, 5) is 6.13. The molecule has 210 valence electrons. The number of hydrogen-bond donors (Lipinski definition) is 0. The third kappa shape index (κ3) is 6.24. The number of ether oxygens (including phenoxy) is 1. The lowest BCUT2D eigenvalue weighted by atomic mass is 9.91. The molecule has 3 aromatic carbocycles. The van der Waals surface area contributed by atoms with Gasteiger partial charge in [-0.15, -0.1) is 11.3 Å². The maximum Gasteiger partial charge on any atom is 0.243 e. The van der Waals surface area contributed by atoms with Gasteiger partial charge in [-0.3, -0.25) is 0 Å². The molecule has 0 aliphatic carbocycles. The van der Waals surface area contributed by atoms with Crippen LogP contribution >= 0.6 is 11.3 Å². The zero-order valence-electron chi connectivity index (χ0n) is 23.6. The Bertz CT molecular complexity index is 1590. The molecule has 5 rings (SSSR count). The van der Waals surface area contributed by atoms with Gasteiger partial charge in [0.15, 0.2) is 4.80 Å². The highest BCUT2D eigenvalue weighted by atomic mass is 32.2. The second-order valence-corrected chi connectivity index (χ2v) is 14.1. The molecule has 1 fully saturated rings. The average molecular weight is 576 g/mol. The van der Waals surface area contributed by atoms with Crippen LogP contribution < -0.4 is 9.54 Å². The van der Waals surface area contributed by atoms with Gasteiger partial charge in [-0.2, -0.15) is 4.31 Å². The van der Waals surface area contributed by atoms with Crippen LogP contribution in [0.15, 0.2) is 94.1 Å². The fraction of sp³-hybridized carbons (Fsp3) is 0.344. The van der Waals surface area contributed by atoms with Crippen molar-refractivity contribution in [2.75, 3.05) is 20.2 Å². The number of piperidine rings is 1. The molecule has 0 atom stereocenters. The molecule has 1 aromatic heterocycles. The zero-order chi connectivity index (χ0) is 28.3. The Morgan fingerprint density at radius 2 is 1.57 bits per heavy atom. The molecule has 1 saturated heterocycles. The molecule has 0 unspecified atom stereocenters. The van der Waals surface area contributed by atoms with Crippen LogP contribution in [-0.2, 0) is 22.0 Å². The quantitative estimate of drug-likeness (QED) is 0.242.